The molecule has 0 aliphatic carbocycles. The van der Waals surface area contributed by atoms with Crippen LogP contribution in [-0.2, 0) is 10.0 Å². The highest BCUT2D eigenvalue weighted by Crippen LogP contribution is 2.28. The van der Waals surface area contributed by atoms with Gasteiger partial charge in [-0.2, -0.15) is 12.8 Å². The van der Waals surface area contributed by atoms with Crippen LogP contribution < -0.4 is 9.47 Å². The summed E-state index contributed by atoms with van der Waals surface area (Å²) in [5, 5.41) is 0. The van der Waals surface area contributed by atoms with Gasteiger partial charge in [0.05, 0.1) is 18.1 Å². The molecule has 0 atom stereocenters. The zero-order valence-electron chi connectivity index (χ0n) is 13.8. The van der Waals surface area contributed by atoms with Crippen LogP contribution in [0.3, 0.4) is 0 Å². The Morgan fingerprint density at radius 1 is 1.00 bits per heavy atom. The largest absolute Gasteiger partial charge is 0.490 e. The van der Waals surface area contributed by atoms with E-state index < -0.39 is 10.0 Å². The molecule has 0 radical (unpaired) electrons. The first-order chi connectivity index (χ1) is 11.6. The van der Waals surface area contributed by atoms with E-state index in [1.54, 1.807) is 36.4 Å². The predicted octanol–water partition coefficient (Wildman–Crippen LogP) is 3.68. The maximum Gasteiger partial charge on any atom is 0.282 e. The Labute approximate surface area is 143 Å². The number of nitrogens with zero attached hydrogens (tertiary/aromatic N) is 1. The third-order valence-corrected chi connectivity index (χ3v) is 4.36. The van der Waals surface area contributed by atoms with Crippen molar-refractivity contribution in [1.82, 2.24) is 0 Å². The van der Waals surface area contributed by atoms with Gasteiger partial charge in [-0.05, 0) is 49.2 Å². The van der Waals surface area contributed by atoms with Crippen LogP contribution >= 0.6 is 0 Å². The lowest BCUT2D eigenvalue weighted by Gasteiger charge is -2.11. The first-order valence-electron chi connectivity index (χ1n) is 7.82. The van der Waals surface area contributed by atoms with E-state index >= 15 is 0 Å². The Bertz CT molecular complexity index is 786. The number of rotatable bonds is 8. The zero-order valence-corrected chi connectivity index (χ0v) is 14.6. The van der Waals surface area contributed by atoms with Crippen molar-refractivity contribution in [1.29, 1.82) is 0 Å². The van der Waals surface area contributed by atoms with E-state index in [2.05, 4.69) is 4.40 Å². The average Bonchev–Trinajstić information content (AvgIpc) is 2.60. The number of ether oxygens (including phenoxy) is 2. The Balaban J connectivity index is 2.24. The van der Waals surface area contributed by atoms with Gasteiger partial charge >= 0.3 is 0 Å². The maximum absolute atomic E-state index is 12.2. The van der Waals surface area contributed by atoms with E-state index in [1.807, 2.05) is 13.8 Å². The molecule has 0 saturated carbocycles. The minimum atomic E-state index is -3.71. The van der Waals surface area contributed by atoms with Crippen molar-refractivity contribution in [3.8, 4) is 11.5 Å². The smallest absolute Gasteiger partial charge is 0.282 e. The summed E-state index contributed by atoms with van der Waals surface area (Å²) in [4.78, 5) is 0.161. The van der Waals surface area contributed by atoms with Crippen LogP contribution in [0.2, 0.25) is 0 Å². The quantitative estimate of drug-likeness (QED) is 0.683. The highest BCUT2D eigenvalue weighted by atomic mass is 32.2. The molecule has 0 bridgehead atoms. The second kappa shape index (κ2) is 8.49. The van der Waals surface area contributed by atoms with Crippen LogP contribution in [0, 0.1) is 0 Å². The van der Waals surface area contributed by atoms with Crippen LogP contribution in [0.4, 0.5) is 0 Å². The zero-order chi connectivity index (χ0) is 17.4. The molecule has 0 fully saturated rings. The van der Waals surface area contributed by atoms with Crippen LogP contribution in [0.25, 0.3) is 0 Å². The van der Waals surface area contributed by atoms with E-state index in [1.165, 1.54) is 18.3 Å². The highest BCUT2D eigenvalue weighted by molar-refractivity contribution is 7.90. The van der Waals surface area contributed by atoms with E-state index in [9.17, 15) is 8.42 Å². The maximum atomic E-state index is 12.2. The molecule has 2 aromatic carbocycles. The lowest BCUT2D eigenvalue weighted by atomic mass is 10.2. The van der Waals surface area contributed by atoms with Gasteiger partial charge in [0.25, 0.3) is 10.0 Å². The summed E-state index contributed by atoms with van der Waals surface area (Å²) in [7, 11) is -3.71. The standard InChI is InChI=1S/C18H21NO4S/c1-3-12-23-17-11-10-15(13-18(17)22-4-2)14-19-24(20,21)16-8-6-5-7-9-16/h5-11,13-14H,3-4,12H2,1-2H3/b19-14-. The second-order valence-electron chi connectivity index (χ2n) is 5.01. The molecule has 6 heteroatoms. The molecule has 0 amide bonds. The SMILES string of the molecule is CCCOc1ccc(/C=N\S(=O)(=O)c2ccccc2)cc1OCC. The molecule has 2 rings (SSSR count). The number of sulfonamides is 1. The van der Waals surface area contributed by atoms with Crippen LogP contribution in [0.15, 0.2) is 57.8 Å². The van der Waals surface area contributed by atoms with Crippen molar-refractivity contribution < 1.29 is 17.9 Å². The van der Waals surface area contributed by atoms with Crippen molar-refractivity contribution in [3.63, 3.8) is 0 Å². The monoisotopic (exact) mass is 347 g/mol. The van der Waals surface area contributed by atoms with E-state index in [-0.39, 0.29) is 4.90 Å². The third-order valence-electron chi connectivity index (χ3n) is 3.11. The second-order valence-corrected chi connectivity index (χ2v) is 6.64. The van der Waals surface area contributed by atoms with Gasteiger partial charge in [-0.25, -0.2) is 0 Å². The molecular formula is C18H21NO4S. The predicted molar refractivity (Wildman–Crippen MR) is 94.6 cm³/mol. The number of hydrogen-bond acceptors (Lipinski definition) is 4. The number of benzene rings is 2. The molecule has 128 valence electrons. The molecular weight excluding hydrogens is 326 g/mol. The Morgan fingerprint density at radius 2 is 1.75 bits per heavy atom. The molecule has 2 aromatic rings. The molecule has 0 unspecified atom stereocenters. The Hall–Kier alpha value is -2.34. The Morgan fingerprint density at radius 3 is 2.42 bits per heavy atom. The molecule has 24 heavy (non-hydrogen) atoms. The summed E-state index contributed by atoms with van der Waals surface area (Å²) in [5.41, 5.74) is 0.627. The fourth-order valence-electron chi connectivity index (χ4n) is 1.99. The van der Waals surface area contributed by atoms with Gasteiger partial charge in [-0.1, -0.05) is 25.1 Å². The first kappa shape index (κ1) is 18.0. The topological polar surface area (TPSA) is 65.0 Å². The van der Waals surface area contributed by atoms with Gasteiger partial charge in [0, 0.05) is 6.21 Å². The Kier molecular flexibility index (Phi) is 6.37. The summed E-state index contributed by atoms with van der Waals surface area (Å²) in [6.45, 7) is 4.99. The summed E-state index contributed by atoms with van der Waals surface area (Å²) >= 11 is 0. The van der Waals surface area contributed by atoms with Gasteiger partial charge in [0.2, 0.25) is 0 Å². The minimum Gasteiger partial charge on any atom is -0.490 e. The van der Waals surface area contributed by atoms with Crippen molar-refractivity contribution in [2.24, 2.45) is 4.40 Å². The summed E-state index contributed by atoms with van der Waals surface area (Å²) in [5.74, 6) is 1.22. The van der Waals surface area contributed by atoms with Gasteiger partial charge in [0.15, 0.2) is 11.5 Å². The fourth-order valence-corrected chi connectivity index (χ4v) is 2.87. The first-order valence-corrected chi connectivity index (χ1v) is 9.26. The van der Waals surface area contributed by atoms with Gasteiger partial charge in [0.1, 0.15) is 0 Å². The molecule has 0 aliphatic rings. The number of hydrogen-bond donors (Lipinski definition) is 0. The molecule has 0 spiro atoms. The van der Waals surface area contributed by atoms with Gasteiger partial charge in [-0.3, -0.25) is 0 Å². The van der Waals surface area contributed by atoms with Gasteiger partial charge < -0.3 is 9.47 Å². The van der Waals surface area contributed by atoms with Crippen molar-refractivity contribution in [2.75, 3.05) is 13.2 Å². The molecule has 5 nitrogen and oxygen atoms in total. The van der Waals surface area contributed by atoms with E-state index in [0.29, 0.717) is 30.3 Å². The van der Waals surface area contributed by atoms with Crippen molar-refractivity contribution in [2.45, 2.75) is 25.2 Å². The fraction of sp³-hybridized carbons (Fsp3) is 0.278. The molecule has 0 aliphatic heterocycles. The normalized spacial score (nSPS) is 11.6. The third kappa shape index (κ3) is 4.83. The van der Waals surface area contributed by atoms with Crippen molar-refractivity contribution in [3.05, 3.63) is 54.1 Å². The lowest BCUT2D eigenvalue weighted by Crippen LogP contribution is -2.01. The molecule has 0 N–H and O–H groups in total. The summed E-state index contributed by atoms with van der Waals surface area (Å²) < 4.78 is 39.3. The van der Waals surface area contributed by atoms with Crippen LogP contribution in [0.1, 0.15) is 25.8 Å². The summed E-state index contributed by atoms with van der Waals surface area (Å²) in [6.07, 6.45) is 2.21. The van der Waals surface area contributed by atoms with Crippen molar-refractivity contribution >= 4 is 16.2 Å². The molecule has 0 aromatic heterocycles. The highest BCUT2D eigenvalue weighted by Gasteiger charge is 2.11. The summed E-state index contributed by atoms with van der Waals surface area (Å²) in [6, 6.07) is 13.3. The molecule has 0 heterocycles. The van der Waals surface area contributed by atoms with E-state index in [0.717, 1.165) is 6.42 Å². The van der Waals surface area contributed by atoms with Crippen LogP contribution in [0.5, 0.6) is 11.5 Å². The minimum absolute atomic E-state index is 0.161. The lowest BCUT2D eigenvalue weighted by molar-refractivity contribution is 0.277. The molecule has 0 saturated heterocycles. The van der Waals surface area contributed by atoms with Crippen LogP contribution in [-0.4, -0.2) is 27.8 Å². The van der Waals surface area contributed by atoms with Gasteiger partial charge in [-0.15, -0.1) is 0 Å². The average molecular weight is 347 g/mol. The van der Waals surface area contributed by atoms with E-state index in [4.69, 9.17) is 9.47 Å².